The summed E-state index contributed by atoms with van der Waals surface area (Å²) in [5, 5.41) is 0. The third-order valence-electron chi connectivity index (χ3n) is 1.14. The molecular weight excluding hydrogens is 137 g/mol. The van der Waals surface area contributed by atoms with Crippen molar-refractivity contribution >= 4 is 5.95 Å². The number of hydrogen-bond acceptors (Lipinski definition) is 3. The highest BCUT2D eigenvalue weighted by Crippen LogP contribution is 1.91. The van der Waals surface area contributed by atoms with Crippen molar-refractivity contribution in [1.29, 1.82) is 0 Å². The summed E-state index contributed by atoms with van der Waals surface area (Å²) < 4.78 is 13.3. The van der Waals surface area contributed by atoms with Crippen LogP contribution in [0.2, 0.25) is 0 Å². The lowest BCUT2D eigenvalue weighted by molar-refractivity contribution is 0.571. The van der Waals surface area contributed by atoms with Gasteiger partial charge < -0.3 is 5.73 Å². The van der Waals surface area contributed by atoms with Crippen molar-refractivity contribution in [3.63, 3.8) is 0 Å². The van der Waals surface area contributed by atoms with Gasteiger partial charge in [-0.3, -0.25) is 9.36 Å². The summed E-state index contributed by atoms with van der Waals surface area (Å²) in [6.07, 6.45) is 0. The van der Waals surface area contributed by atoms with E-state index in [9.17, 15) is 9.18 Å². The number of halogens is 1. The van der Waals surface area contributed by atoms with E-state index in [2.05, 4.69) is 4.98 Å². The van der Waals surface area contributed by atoms with Crippen LogP contribution in [-0.2, 0) is 7.05 Å². The molecule has 54 valence electrons. The number of nitrogens with two attached hydrogens (primary N) is 1. The molecule has 0 amide bonds. The molecule has 0 radical (unpaired) electrons. The van der Waals surface area contributed by atoms with Gasteiger partial charge >= 0.3 is 0 Å². The van der Waals surface area contributed by atoms with Gasteiger partial charge in [-0.2, -0.15) is 9.37 Å². The number of nitrogens with zero attached hydrogens (tertiary/aromatic N) is 2. The fraction of sp³-hybridized carbons (Fsp3) is 0.200. The first-order chi connectivity index (χ1) is 4.61. The summed E-state index contributed by atoms with van der Waals surface area (Å²) >= 11 is 0. The maximum Gasteiger partial charge on any atom is 0.257 e. The van der Waals surface area contributed by atoms with E-state index in [-0.39, 0.29) is 5.95 Å². The summed E-state index contributed by atoms with van der Waals surface area (Å²) in [6, 6.07) is 0.774. The van der Waals surface area contributed by atoms with Gasteiger partial charge in [0.25, 0.3) is 5.56 Å². The molecule has 10 heavy (non-hydrogen) atoms. The molecule has 5 heteroatoms. The molecule has 1 heterocycles. The highest BCUT2D eigenvalue weighted by molar-refractivity contribution is 5.15. The second-order valence-corrected chi connectivity index (χ2v) is 1.83. The summed E-state index contributed by atoms with van der Waals surface area (Å²) in [5.41, 5.74) is 4.64. The number of rotatable bonds is 0. The molecule has 0 aliphatic heterocycles. The van der Waals surface area contributed by atoms with Gasteiger partial charge in [0.2, 0.25) is 11.9 Å². The lowest BCUT2D eigenvalue weighted by Crippen LogP contribution is -2.21. The Labute approximate surface area is 56.1 Å². The first kappa shape index (κ1) is 6.73. The minimum atomic E-state index is -0.847. The fourth-order valence-electron chi connectivity index (χ4n) is 0.528. The van der Waals surface area contributed by atoms with E-state index in [0.29, 0.717) is 0 Å². The highest BCUT2D eigenvalue weighted by atomic mass is 19.1. The zero-order valence-corrected chi connectivity index (χ0v) is 5.34. The number of nitrogen functional groups attached to an aromatic ring is 1. The average molecular weight is 143 g/mol. The Morgan fingerprint density at radius 1 is 1.80 bits per heavy atom. The van der Waals surface area contributed by atoms with Crippen LogP contribution in [0.1, 0.15) is 0 Å². The molecule has 0 bridgehead atoms. The third-order valence-corrected chi connectivity index (χ3v) is 1.14. The predicted octanol–water partition coefficient (Wildman–Crippen LogP) is -0.498. The van der Waals surface area contributed by atoms with Crippen LogP contribution in [-0.4, -0.2) is 9.55 Å². The van der Waals surface area contributed by atoms with Crippen LogP contribution in [0, 0.1) is 5.95 Å². The van der Waals surface area contributed by atoms with Crippen LogP contribution < -0.4 is 11.3 Å². The standard InChI is InChI=1S/C5H6FN3O/c1-9-4(10)2-3(6)8-5(9)7/h2H,1H3,(H2,7,8). The van der Waals surface area contributed by atoms with Crippen molar-refractivity contribution in [2.75, 3.05) is 5.73 Å². The Bertz CT molecular complexity index is 306. The normalized spacial score (nSPS) is 9.80. The summed E-state index contributed by atoms with van der Waals surface area (Å²) in [6.45, 7) is 0. The predicted molar refractivity (Wildman–Crippen MR) is 33.8 cm³/mol. The Morgan fingerprint density at radius 2 is 2.40 bits per heavy atom. The van der Waals surface area contributed by atoms with Crippen LogP contribution in [0.25, 0.3) is 0 Å². The maximum atomic E-state index is 12.2. The second-order valence-electron chi connectivity index (χ2n) is 1.83. The van der Waals surface area contributed by atoms with Gasteiger partial charge in [-0.05, 0) is 0 Å². The quantitative estimate of drug-likeness (QED) is 0.498. The van der Waals surface area contributed by atoms with Crippen molar-refractivity contribution in [2.24, 2.45) is 7.05 Å². The summed E-state index contributed by atoms with van der Waals surface area (Å²) in [7, 11) is 1.42. The Morgan fingerprint density at radius 3 is 2.90 bits per heavy atom. The van der Waals surface area contributed by atoms with Crippen molar-refractivity contribution in [1.82, 2.24) is 9.55 Å². The van der Waals surface area contributed by atoms with Gasteiger partial charge in [-0.25, -0.2) is 0 Å². The lowest BCUT2D eigenvalue weighted by atomic mass is 10.6. The summed E-state index contributed by atoms with van der Waals surface area (Å²) in [5.74, 6) is -0.967. The van der Waals surface area contributed by atoms with Crippen LogP contribution in [0.5, 0.6) is 0 Å². The molecular formula is C5H6FN3O. The molecule has 0 saturated carbocycles. The highest BCUT2D eigenvalue weighted by Gasteiger charge is 1.99. The molecule has 1 aromatic heterocycles. The fourth-order valence-corrected chi connectivity index (χ4v) is 0.528. The van der Waals surface area contributed by atoms with Crippen molar-refractivity contribution in [3.05, 3.63) is 22.4 Å². The Hall–Kier alpha value is -1.39. The first-order valence-electron chi connectivity index (χ1n) is 2.60. The largest absolute Gasteiger partial charge is 0.369 e. The molecule has 4 nitrogen and oxygen atoms in total. The molecule has 0 fully saturated rings. The van der Waals surface area contributed by atoms with E-state index in [1.807, 2.05) is 0 Å². The van der Waals surface area contributed by atoms with E-state index >= 15 is 0 Å². The van der Waals surface area contributed by atoms with Gasteiger partial charge in [-0.1, -0.05) is 0 Å². The van der Waals surface area contributed by atoms with Crippen molar-refractivity contribution in [2.45, 2.75) is 0 Å². The summed E-state index contributed by atoms with van der Waals surface area (Å²) in [4.78, 5) is 13.9. The van der Waals surface area contributed by atoms with Gasteiger partial charge in [0.15, 0.2) is 0 Å². The van der Waals surface area contributed by atoms with E-state index in [0.717, 1.165) is 10.6 Å². The van der Waals surface area contributed by atoms with Gasteiger partial charge in [0, 0.05) is 7.05 Å². The third kappa shape index (κ3) is 0.975. The van der Waals surface area contributed by atoms with Gasteiger partial charge in [-0.15, -0.1) is 0 Å². The van der Waals surface area contributed by atoms with E-state index in [4.69, 9.17) is 5.73 Å². The molecule has 0 saturated heterocycles. The van der Waals surface area contributed by atoms with Crippen LogP contribution >= 0.6 is 0 Å². The first-order valence-corrected chi connectivity index (χ1v) is 2.60. The van der Waals surface area contributed by atoms with Crippen molar-refractivity contribution < 1.29 is 4.39 Å². The van der Waals surface area contributed by atoms with E-state index in [1.165, 1.54) is 7.05 Å². The van der Waals surface area contributed by atoms with Crippen molar-refractivity contribution in [3.8, 4) is 0 Å². The Kier molecular flexibility index (Phi) is 1.41. The maximum absolute atomic E-state index is 12.2. The molecule has 0 aliphatic carbocycles. The molecule has 1 rings (SSSR count). The number of hydrogen-bond donors (Lipinski definition) is 1. The average Bonchev–Trinajstić information content (AvgIpc) is 1.82. The molecule has 0 unspecified atom stereocenters. The molecule has 0 aliphatic rings. The number of aromatic nitrogens is 2. The van der Waals surface area contributed by atoms with Gasteiger partial charge in [0.1, 0.15) is 0 Å². The van der Waals surface area contributed by atoms with Crippen LogP contribution in [0.3, 0.4) is 0 Å². The minimum absolute atomic E-state index is 0.120. The Balaban J connectivity index is 3.46. The molecule has 0 atom stereocenters. The molecule has 0 aromatic carbocycles. The monoisotopic (exact) mass is 143 g/mol. The molecule has 0 spiro atoms. The number of anilines is 1. The zero-order chi connectivity index (χ0) is 7.72. The van der Waals surface area contributed by atoms with Gasteiger partial charge in [0.05, 0.1) is 6.07 Å². The second kappa shape index (κ2) is 2.09. The molecule has 2 N–H and O–H groups in total. The van der Waals surface area contributed by atoms with Crippen LogP contribution in [0.4, 0.5) is 10.3 Å². The SMILES string of the molecule is Cn1c(N)nc(F)cc1=O. The van der Waals surface area contributed by atoms with E-state index in [1.54, 1.807) is 0 Å². The minimum Gasteiger partial charge on any atom is -0.369 e. The molecule has 1 aromatic rings. The zero-order valence-electron chi connectivity index (χ0n) is 5.34. The van der Waals surface area contributed by atoms with E-state index < -0.39 is 11.5 Å². The topological polar surface area (TPSA) is 60.9 Å². The lowest BCUT2D eigenvalue weighted by Gasteiger charge is -1.98. The smallest absolute Gasteiger partial charge is 0.257 e. The van der Waals surface area contributed by atoms with Crippen LogP contribution in [0.15, 0.2) is 10.9 Å².